The number of carbonyl (C=O) groups excluding carboxylic acids is 2. The number of esters is 1. The molecule has 1 amide bonds. The summed E-state index contributed by atoms with van der Waals surface area (Å²) in [5.74, 6) is 0.339. The highest BCUT2D eigenvalue weighted by Crippen LogP contribution is 2.30. The highest BCUT2D eigenvalue weighted by Gasteiger charge is 2.21. The van der Waals surface area contributed by atoms with Crippen LogP contribution in [0.5, 0.6) is 11.5 Å². The number of halogens is 1. The topological polar surface area (TPSA) is 73.9 Å². The Morgan fingerprint density at radius 3 is 2.07 bits per heavy atom. The highest BCUT2D eigenvalue weighted by molar-refractivity contribution is 9.10. The lowest BCUT2D eigenvalue weighted by molar-refractivity contribution is -0.141. The largest absolute Gasteiger partial charge is 0.496 e. The predicted octanol–water partition coefficient (Wildman–Crippen LogP) is 3.81. The zero-order chi connectivity index (χ0) is 20.0. The van der Waals surface area contributed by atoms with Gasteiger partial charge >= 0.3 is 5.97 Å². The first-order valence-electron chi connectivity index (χ1n) is 8.25. The third kappa shape index (κ3) is 5.23. The minimum atomic E-state index is -0.531. The van der Waals surface area contributed by atoms with Gasteiger partial charge in [-0.25, -0.2) is 0 Å². The fourth-order valence-electron chi connectivity index (χ4n) is 2.66. The molecule has 0 aliphatic rings. The molecule has 0 fully saturated rings. The molecule has 0 spiro atoms. The van der Waals surface area contributed by atoms with Crippen LogP contribution in [0.4, 0.5) is 0 Å². The molecule has 0 bridgehead atoms. The molecule has 0 aliphatic heterocycles. The average molecular weight is 436 g/mol. The van der Waals surface area contributed by atoms with E-state index in [9.17, 15) is 9.59 Å². The van der Waals surface area contributed by atoms with Crippen LogP contribution < -0.4 is 14.8 Å². The van der Waals surface area contributed by atoms with E-state index >= 15 is 0 Å². The minimum Gasteiger partial charge on any atom is -0.496 e. The van der Waals surface area contributed by atoms with Crippen molar-refractivity contribution in [3.63, 3.8) is 0 Å². The number of amides is 1. The second kappa shape index (κ2) is 9.41. The molecule has 6 nitrogen and oxygen atoms in total. The SMILES string of the molecule is COC(=O)CC(NC(=O)c1cc(OC)c(C)c(OC)c1)c1ccc(Br)cc1. The van der Waals surface area contributed by atoms with Gasteiger partial charge in [0, 0.05) is 15.6 Å². The molecule has 1 N–H and O–H groups in total. The van der Waals surface area contributed by atoms with Crippen molar-refractivity contribution in [2.75, 3.05) is 21.3 Å². The predicted molar refractivity (Wildman–Crippen MR) is 105 cm³/mol. The molecule has 0 saturated heterocycles. The van der Waals surface area contributed by atoms with Crippen LogP contribution in [0.1, 0.15) is 33.9 Å². The summed E-state index contributed by atoms with van der Waals surface area (Å²) in [6.07, 6.45) is 0.0179. The van der Waals surface area contributed by atoms with Gasteiger partial charge in [0.1, 0.15) is 11.5 Å². The minimum absolute atomic E-state index is 0.0179. The van der Waals surface area contributed by atoms with E-state index in [0.29, 0.717) is 17.1 Å². The second-order valence-corrected chi connectivity index (χ2v) is 6.78. The number of benzene rings is 2. The number of nitrogens with one attached hydrogen (secondary N) is 1. The third-order valence-electron chi connectivity index (χ3n) is 4.19. The Morgan fingerprint density at radius 2 is 1.59 bits per heavy atom. The molecule has 7 heteroatoms. The molecule has 0 radical (unpaired) electrons. The van der Waals surface area contributed by atoms with E-state index in [4.69, 9.17) is 14.2 Å². The summed E-state index contributed by atoms with van der Waals surface area (Å²) in [5, 5.41) is 2.89. The summed E-state index contributed by atoms with van der Waals surface area (Å²) >= 11 is 3.38. The molecule has 0 saturated carbocycles. The van der Waals surface area contributed by atoms with Gasteiger partial charge in [0.25, 0.3) is 5.91 Å². The van der Waals surface area contributed by atoms with E-state index in [0.717, 1.165) is 15.6 Å². The quantitative estimate of drug-likeness (QED) is 0.669. The van der Waals surface area contributed by atoms with Gasteiger partial charge in [-0.1, -0.05) is 28.1 Å². The summed E-state index contributed by atoms with van der Waals surface area (Å²) in [7, 11) is 4.38. The Balaban J connectivity index is 2.32. The number of hydrogen-bond donors (Lipinski definition) is 1. The monoisotopic (exact) mass is 435 g/mol. The third-order valence-corrected chi connectivity index (χ3v) is 4.72. The van der Waals surface area contributed by atoms with Gasteiger partial charge in [-0.05, 0) is 36.8 Å². The van der Waals surface area contributed by atoms with E-state index in [2.05, 4.69) is 21.2 Å². The number of ether oxygens (including phenoxy) is 3. The summed E-state index contributed by atoms with van der Waals surface area (Å²) in [4.78, 5) is 24.6. The van der Waals surface area contributed by atoms with Crippen molar-refractivity contribution in [2.24, 2.45) is 0 Å². The molecule has 1 atom stereocenters. The molecule has 1 unspecified atom stereocenters. The number of rotatable bonds is 7. The van der Waals surface area contributed by atoms with Gasteiger partial charge in [-0.3, -0.25) is 9.59 Å². The fraction of sp³-hybridized carbons (Fsp3) is 0.300. The van der Waals surface area contributed by atoms with Crippen LogP contribution in [-0.4, -0.2) is 33.2 Å². The van der Waals surface area contributed by atoms with Crippen LogP contribution in [0.15, 0.2) is 40.9 Å². The van der Waals surface area contributed by atoms with E-state index in [1.165, 1.54) is 21.3 Å². The lowest BCUT2D eigenvalue weighted by Crippen LogP contribution is -2.30. The summed E-state index contributed by atoms with van der Waals surface area (Å²) in [6, 6.07) is 10.1. The van der Waals surface area contributed by atoms with Gasteiger partial charge in [0.05, 0.1) is 33.8 Å². The van der Waals surface area contributed by atoms with Gasteiger partial charge < -0.3 is 19.5 Å². The Kier molecular flexibility index (Phi) is 7.24. The van der Waals surface area contributed by atoms with E-state index in [1.807, 2.05) is 31.2 Å². The van der Waals surface area contributed by atoms with Crippen LogP contribution in [0, 0.1) is 6.92 Å². The molecule has 27 heavy (non-hydrogen) atoms. The van der Waals surface area contributed by atoms with Crippen molar-refractivity contribution in [1.29, 1.82) is 0 Å². The van der Waals surface area contributed by atoms with Crippen molar-refractivity contribution in [2.45, 2.75) is 19.4 Å². The summed E-state index contributed by atoms with van der Waals surface area (Å²) < 4.78 is 16.3. The van der Waals surface area contributed by atoms with Gasteiger partial charge in [0.2, 0.25) is 0 Å². The van der Waals surface area contributed by atoms with Gasteiger partial charge in [0.15, 0.2) is 0 Å². The Bertz CT molecular complexity index is 795. The molecule has 0 heterocycles. The van der Waals surface area contributed by atoms with Gasteiger partial charge in [-0.2, -0.15) is 0 Å². The number of methoxy groups -OCH3 is 3. The van der Waals surface area contributed by atoms with Crippen molar-refractivity contribution < 1.29 is 23.8 Å². The standard InChI is InChI=1S/C20H22BrNO5/c1-12-17(25-2)9-14(10-18(12)26-3)20(24)22-16(11-19(23)27-4)13-5-7-15(21)8-6-13/h5-10,16H,11H2,1-4H3,(H,22,24). The summed E-state index contributed by atoms with van der Waals surface area (Å²) in [5.41, 5.74) is 1.97. The lowest BCUT2D eigenvalue weighted by atomic mass is 10.0. The average Bonchev–Trinajstić information content (AvgIpc) is 2.67. The maximum absolute atomic E-state index is 12.8. The Hall–Kier alpha value is -2.54. The van der Waals surface area contributed by atoms with Crippen molar-refractivity contribution in [3.8, 4) is 11.5 Å². The first kappa shape index (κ1) is 20.8. The van der Waals surface area contributed by atoms with Crippen LogP contribution in [0.3, 0.4) is 0 Å². The molecular formula is C20H22BrNO5. The fourth-order valence-corrected chi connectivity index (χ4v) is 2.92. The van der Waals surface area contributed by atoms with Crippen LogP contribution in [0.25, 0.3) is 0 Å². The molecular weight excluding hydrogens is 414 g/mol. The van der Waals surface area contributed by atoms with Crippen LogP contribution in [-0.2, 0) is 9.53 Å². The molecule has 2 aromatic rings. The zero-order valence-corrected chi connectivity index (χ0v) is 17.3. The Labute approximate surface area is 166 Å². The number of carbonyl (C=O) groups is 2. The smallest absolute Gasteiger partial charge is 0.307 e. The Morgan fingerprint density at radius 1 is 1.04 bits per heavy atom. The van der Waals surface area contributed by atoms with Crippen molar-refractivity contribution >= 4 is 27.8 Å². The van der Waals surface area contributed by atoms with Crippen LogP contribution in [0.2, 0.25) is 0 Å². The van der Waals surface area contributed by atoms with Crippen LogP contribution >= 0.6 is 15.9 Å². The lowest BCUT2D eigenvalue weighted by Gasteiger charge is -2.19. The maximum Gasteiger partial charge on any atom is 0.307 e. The molecule has 2 rings (SSSR count). The van der Waals surface area contributed by atoms with Crippen molar-refractivity contribution in [3.05, 3.63) is 57.6 Å². The highest BCUT2D eigenvalue weighted by atomic mass is 79.9. The van der Waals surface area contributed by atoms with Gasteiger partial charge in [-0.15, -0.1) is 0 Å². The maximum atomic E-state index is 12.8. The second-order valence-electron chi connectivity index (χ2n) is 5.86. The van der Waals surface area contributed by atoms with Crippen molar-refractivity contribution in [1.82, 2.24) is 5.32 Å². The molecule has 0 aliphatic carbocycles. The molecule has 2 aromatic carbocycles. The summed E-state index contributed by atoms with van der Waals surface area (Å²) in [6.45, 7) is 1.85. The van der Waals surface area contributed by atoms with E-state index in [-0.39, 0.29) is 12.3 Å². The van der Waals surface area contributed by atoms with E-state index < -0.39 is 12.0 Å². The molecule has 0 aromatic heterocycles. The number of hydrogen-bond acceptors (Lipinski definition) is 5. The first-order chi connectivity index (χ1) is 12.9. The normalized spacial score (nSPS) is 11.4. The first-order valence-corrected chi connectivity index (χ1v) is 9.04. The molecule has 144 valence electrons. The zero-order valence-electron chi connectivity index (χ0n) is 15.7. The van der Waals surface area contributed by atoms with E-state index in [1.54, 1.807) is 12.1 Å².